The summed E-state index contributed by atoms with van der Waals surface area (Å²) in [5.41, 5.74) is 23.0. The molecule has 8 aromatic carbocycles. The number of carbonyl (C=O) groups excluding carboxylic acids is 3. The summed E-state index contributed by atoms with van der Waals surface area (Å²) in [5.74, 6) is 4.19. The zero-order chi connectivity index (χ0) is 99.6. The molecule has 5 N–H and O–H groups in total. The van der Waals surface area contributed by atoms with Crippen LogP contribution in [-0.2, 0) is 27.7 Å². The normalized spacial score (nSPS) is 16.6. The minimum atomic E-state index is -4.85. The van der Waals surface area contributed by atoms with Crippen LogP contribution in [-0.4, -0.2) is 213 Å². The van der Waals surface area contributed by atoms with Crippen molar-refractivity contribution < 1.29 is 45.4 Å². The van der Waals surface area contributed by atoms with Crippen LogP contribution in [0.4, 0.5) is 46.0 Å². The summed E-state index contributed by atoms with van der Waals surface area (Å²) in [6.45, 7) is 27.3. The van der Waals surface area contributed by atoms with Gasteiger partial charge in [0.2, 0.25) is 5.91 Å². The third-order valence-corrected chi connectivity index (χ3v) is 28.5. The summed E-state index contributed by atoms with van der Waals surface area (Å²) < 4.78 is 71.6. The summed E-state index contributed by atoms with van der Waals surface area (Å²) in [6, 6.07) is 65.0. The first kappa shape index (κ1) is 99.3. The van der Waals surface area contributed by atoms with E-state index in [0.717, 1.165) is 184 Å². The molecule has 28 nitrogen and oxygen atoms in total. The zero-order valence-corrected chi connectivity index (χ0v) is 83.1. The summed E-state index contributed by atoms with van der Waals surface area (Å²) in [4.78, 5) is 99.2. The summed E-state index contributed by atoms with van der Waals surface area (Å²) in [7, 11) is -2.33. The van der Waals surface area contributed by atoms with Gasteiger partial charge in [-0.25, -0.2) is 62.9 Å². The van der Waals surface area contributed by atoms with Crippen molar-refractivity contribution in [1.29, 1.82) is 0 Å². The lowest BCUT2D eigenvalue weighted by Gasteiger charge is -2.41. The molecule has 142 heavy (non-hydrogen) atoms. The van der Waals surface area contributed by atoms with E-state index in [1.165, 1.54) is 50.9 Å². The van der Waals surface area contributed by atoms with E-state index in [1.807, 2.05) is 139 Å². The number of benzene rings is 8. The molecule has 6 aliphatic rings. The number of aromatic amines is 2. The molecule has 0 radical (unpaired) electrons. The molecule has 5 atom stereocenters. The Labute approximate surface area is 834 Å². The van der Waals surface area contributed by atoms with E-state index in [1.54, 1.807) is 31.1 Å². The number of urea groups is 2. The number of nitrogens with zero attached hydrogens (tertiary/aromatic N) is 16. The fourth-order valence-corrected chi connectivity index (χ4v) is 20.0. The number of allylic oxidation sites excluding steroid dienone is 2. The number of hydrazine groups is 1. The Hall–Kier alpha value is -14.3. The number of fused-ring (bicyclic) bond motifs is 4. The lowest BCUT2D eigenvalue weighted by molar-refractivity contribution is -0.274. The van der Waals surface area contributed by atoms with E-state index < -0.39 is 22.1 Å². The first-order valence-corrected chi connectivity index (χ1v) is 49.8. The number of aryl methyl sites for hydroxylation is 4. The minimum absolute atomic E-state index is 0.0452. The van der Waals surface area contributed by atoms with Crippen LogP contribution in [0.5, 0.6) is 11.5 Å². The second-order valence-electron chi connectivity index (χ2n) is 36.8. The molecule has 20 rings (SSSR count). The maximum atomic E-state index is 13.1. The van der Waals surface area contributed by atoms with Crippen molar-refractivity contribution in [2.75, 3.05) is 118 Å². The van der Waals surface area contributed by atoms with Crippen LogP contribution in [0, 0.1) is 27.7 Å². The monoisotopic (exact) mass is 1980 g/mol. The Bertz CT molecular complexity index is 7030. The number of H-pyrrole nitrogens is 2. The number of piperazine rings is 4. The molecule has 5 amide bonds. The molecule has 2 aliphatic carbocycles. The Balaban J connectivity index is 0.000000130. The van der Waals surface area contributed by atoms with Gasteiger partial charge in [0.05, 0.1) is 46.2 Å². The SMILES string of the molecule is COc1cccc([C@H](C)NC(=O)N2CCN(c3ncnc4c3C=C(c3ccc(C)cc3)C4)C[C@H]2C)c1.Cc1ccc(-c2cc3c(N4CCN(C(=O)C[C@@H](C)c5cccc(Cl)c5)CC4)ncnc3[nH]2)cc1.Cc1ccc(-c2cc3c(N4CCN(NS(=O)(=O)c5ccc(OC(F)(F)F)cc5)CC4)ncnc3[nH]2)cc1.Cc1ccc(C2=Cc3c(ncnc3N3CCN(C(=O)N[C@@H](C)c4ccc(Cl)cc4)[C@H](C)C3)C2)cc1. The average Bonchev–Trinajstić information content (AvgIpc) is 1.63. The highest BCUT2D eigenvalue weighted by Gasteiger charge is 2.37. The van der Waals surface area contributed by atoms with Crippen molar-refractivity contribution in [2.24, 2.45) is 0 Å². The Morgan fingerprint density at radius 2 is 0.887 bits per heavy atom. The first-order valence-electron chi connectivity index (χ1n) is 47.6. The molecule has 0 saturated carbocycles. The highest BCUT2D eigenvalue weighted by molar-refractivity contribution is 7.89. The lowest BCUT2D eigenvalue weighted by atomic mass is 9.97. The van der Waals surface area contributed by atoms with E-state index in [4.69, 9.17) is 27.9 Å². The van der Waals surface area contributed by atoms with Gasteiger partial charge in [0.25, 0.3) is 10.0 Å². The van der Waals surface area contributed by atoms with Crippen LogP contribution < -0.4 is 44.5 Å². The molecule has 34 heteroatoms. The Morgan fingerprint density at radius 3 is 1.35 bits per heavy atom. The molecular formula is C108H114Cl2F3N21O7S. The second-order valence-corrected chi connectivity index (χ2v) is 39.4. The van der Waals surface area contributed by atoms with E-state index >= 15 is 0 Å². The number of halogens is 5. The van der Waals surface area contributed by atoms with Crippen LogP contribution >= 0.6 is 23.2 Å². The minimum Gasteiger partial charge on any atom is -0.497 e. The number of alkyl halides is 3. The predicted molar refractivity (Wildman–Crippen MR) is 553 cm³/mol. The zero-order valence-electron chi connectivity index (χ0n) is 80.8. The van der Waals surface area contributed by atoms with Gasteiger partial charge < -0.3 is 64.4 Å². The number of rotatable bonds is 20. The van der Waals surface area contributed by atoms with Crippen molar-refractivity contribution in [3.63, 3.8) is 0 Å². The second kappa shape index (κ2) is 43.8. The maximum Gasteiger partial charge on any atom is 0.573 e. The Kier molecular flexibility index (Phi) is 30.6. The largest absolute Gasteiger partial charge is 0.573 e. The number of amides is 5. The fourth-order valence-electron chi connectivity index (χ4n) is 18.6. The number of hydrogen-bond donors (Lipinski definition) is 5. The van der Waals surface area contributed by atoms with Gasteiger partial charge in [0.15, 0.2) is 0 Å². The predicted octanol–water partition coefficient (Wildman–Crippen LogP) is 19.7. The number of methoxy groups -OCH3 is 1. The van der Waals surface area contributed by atoms with Gasteiger partial charge in [0, 0.05) is 156 Å². The van der Waals surface area contributed by atoms with Crippen LogP contribution in [0.2, 0.25) is 10.0 Å². The third kappa shape index (κ3) is 23.9. The molecule has 0 unspecified atom stereocenters. The molecular weight excluding hydrogens is 1860 g/mol. The molecule has 0 bridgehead atoms. The van der Waals surface area contributed by atoms with Crippen LogP contribution in [0.15, 0.2) is 236 Å². The molecule has 734 valence electrons. The molecule has 4 saturated heterocycles. The summed E-state index contributed by atoms with van der Waals surface area (Å²) in [5, 5.41) is 11.1. The van der Waals surface area contributed by atoms with E-state index in [0.29, 0.717) is 74.5 Å². The number of anilines is 4. The number of ether oxygens (including phenoxy) is 2. The average molecular weight is 1980 g/mol. The van der Waals surface area contributed by atoms with Crippen molar-refractivity contribution >= 4 is 120 Å². The van der Waals surface area contributed by atoms with Gasteiger partial charge in [-0.1, -0.05) is 186 Å². The van der Waals surface area contributed by atoms with Crippen LogP contribution in [0.25, 0.3) is 67.9 Å². The molecule has 14 aromatic rings. The van der Waals surface area contributed by atoms with Gasteiger partial charge in [-0.15, -0.1) is 18.0 Å². The smallest absolute Gasteiger partial charge is 0.497 e. The third-order valence-electron chi connectivity index (χ3n) is 26.7. The molecule has 4 aliphatic heterocycles. The molecule has 0 spiro atoms. The van der Waals surface area contributed by atoms with Gasteiger partial charge in [0.1, 0.15) is 71.4 Å². The van der Waals surface area contributed by atoms with Crippen molar-refractivity contribution in [3.8, 4) is 34.0 Å². The molecule has 4 fully saturated rings. The highest BCUT2D eigenvalue weighted by Crippen LogP contribution is 2.40. The number of aromatic nitrogens is 10. The summed E-state index contributed by atoms with van der Waals surface area (Å²) in [6.07, 6.45) is 8.15. The van der Waals surface area contributed by atoms with Crippen molar-refractivity contribution in [2.45, 2.75) is 123 Å². The number of carbonyl (C=O) groups is 3. The van der Waals surface area contributed by atoms with Crippen molar-refractivity contribution in [3.05, 3.63) is 314 Å². The van der Waals surface area contributed by atoms with Gasteiger partial charge >= 0.3 is 18.4 Å². The van der Waals surface area contributed by atoms with Gasteiger partial charge in [-0.05, 0) is 196 Å². The van der Waals surface area contributed by atoms with E-state index in [2.05, 4.69) is 222 Å². The fraction of sp³-hybridized carbons (Fsp3) is 0.306. The molecule has 6 aromatic heterocycles. The van der Waals surface area contributed by atoms with E-state index in [-0.39, 0.29) is 53.0 Å². The number of nitrogens with one attached hydrogen (secondary N) is 5. The Morgan fingerprint density at radius 1 is 0.458 bits per heavy atom. The van der Waals surface area contributed by atoms with Crippen molar-refractivity contribution in [1.82, 2.24) is 85.0 Å². The lowest BCUT2D eigenvalue weighted by Crippen LogP contribution is -2.57. The van der Waals surface area contributed by atoms with E-state index in [9.17, 15) is 36.0 Å². The van der Waals surface area contributed by atoms with Crippen LogP contribution in [0.1, 0.15) is 132 Å². The quantitative estimate of drug-likeness (QED) is 0.0473. The first-order chi connectivity index (χ1) is 68.4. The number of hydrogen-bond acceptors (Lipinski definition) is 20. The topological polar surface area (TPSA) is 301 Å². The van der Waals surface area contributed by atoms with Crippen LogP contribution in [0.3, 0.4) is 0 Å². The maximum absolute atomic E-state index is 13.1. The summed E-state index contributed by atoms with van der Waals surface area (Å²) >= 11 is 12.1. The molecule has 10 heterocycles. The number of sulfonamides is 1. The standard InChI is InChI=1S/C29H33N5O2.C28H30ClN5O.C27H28ClN5O.C24H23F3N6O3S/c1-19-8-10-22(11-9-19)24-15-26-27(16-24)30-18-31-28(26)33-12-13-34(20(2)17-33)29(35)32-21(3)23-6-5-7-25(14-23)36-4;1-18-4-6-22(7-5-18)23-14-25-26(15-23)30-17-31-27(25)33-12-13-34(19(2)16-33)28(35)32-20(3)21-8-10-24(29)11-9-21;1-18-6-8-20(9-7-18)24-16-23-26(31-24)29-17-30-27(23)33-12-10-32(11-13-33)25(34)14-19(2)21-4-3-5-22(28)15-21;1-16-2-4-17(5-3-16)21-14-20-22(30-21)28-15-29-23(20)32-10-12-33(13-11-32)31-37(34,35)19-8-6-18(7-9-19)36-24(25,26)27/h5-11,14-15,18,20-21H,12-13,16-17H2,1-4H3,(H,32,35);4-11,14,17,19-20H,12-13,15-16H2,1-3H3,(H,32,35);3-9,15-17,19H,10-14H2,1-2H3,(H,29,30,31);2-9,14-15,31H,10-13H2,1H3,(H,28,29,30)/t20-,21+;19-,20+;19-;/m111./s1. The van der Waals surface area contributed by atoms with Gasteiger partial charge in [-0.2, -0.15) is 0 Å². The van der Waals surface area contributed by atoms with Gasteiger partial charge in [-0.3, -0.25) is 4.79 Å². The highest BCUT2D eigenvalue weighted by atomic mass is 35.5.